The Morgan fingerprint density at radius 1 is 1.44 bits per heavy atom. The molecule has 0 bridgehead atoms. The van der Waals surface area contributed by atoms with Gasteiger partial charge in [0.2, 0.25) is 0 Å². The fourth-order valence-corrected chi connectivity index (χ4v) is 1.58. The van der Waals surface area contributed by atoms with Crippen LogP contribution in [-0.2, 0) is 9.53 Å². The van der Waals surface area contributed by atoms with Crippen molar-refractivity contribution < 1.29 is 9.53 Å². The number of carbonyl (C=O) groups excluding carboxylic acids is 1. The van der Waals surface area contributed by atoms with E-state index in [1.807, 2.05) is 31.2 Å². The van der Waals surface area contributed by atoms with Gasteiger partial charge >= 0.3 is 5.97 Å². The second kappa shape index (κ2) is 6.66. The highest BCUT2D eigenvalue weighted by atomic mass is 79.9. The summed E-state index contributed by atoms with van der Waals surface area (Å²) in [6.07, 6.45) is 0. The van der Waals surface area contributed by atoms with Crippen molar-refractivity contribution in [1.82, 2.24) is 5.32 Å². The van der Waals surface area contributed by atoms with E-state index in [9.17, 15) is 4.79 Å². The van der Waals surface area contributed by atoms with Crippen molar-refractivity contribution in [3.8, 4) is 0 Å². The predicted molar refractivity (Wildman–Crippen MR) is 67.2 cm³/mol. The molecule has 0 aromatic heterocycles. The third kappa shape index (κ3) is 4.33. The lowest BCUT2D eigenvalue weighted by Gasteiger charge is -2.13. The van der Waals surface area contributed by atoms with Gasteiger partial charge in [0, 0.05) is 10.5 Å². The Hall–Kier alpha value is -0.870. The smallest absolute Gasteiger partial charge is 0.319 e. The summed E-state index contributed by atoms with van der Waals surface area (Å²) < 4.78 is 5.89. The quantitative estimate of drug-likeness (QED) is 0.846. The van der Waals surface area contributed by atoms with Gasteiger partial charge in [-0.15, -0.1) is 0 Å². The van der Waals surface area contributed by atoms with Crippen molar-refractivity contribution in [1.29, 1.82) is 0 Å². The molecule has 0 aliphatic rings. The molecular weight excluding hydrogens is 270 g/mol. The van der Waals surface area contributed by atoms with Crippen LogP contribution in [0.4, 0.5) is 0 Å². The van der Waals surface area contributed by atoms with Gasteiger partial charge in [0.15, 0.2) is 0 Å². The molecule has 0 fully saturated rings. The number of benzene rings is 1. The van der Waals surface area contributed by atoms with Crippen LogP contribution in [0.25, 0.3) is 0 Å². The standard InChI is InChI=1S/C12H16BrNO2/c1-3-16-12(15)8-14-9(2)10-4-6-11(13)7-5-10/h4-7,9,14H,3,8H2,1-2H3/t9-/m0/s1. The Balaban J connectivity index is 2.43. The van der Waals surface area contributed by atoms with Crippen molar-refractivity contribution in [2.45, 2.75) is 19.9 Å². The maximum Gasteiger partial charge on any atom is 0.319 e. The number of nitrogens with one attached hydrogen (secondary N) is 1. The Morgan fingerprint density at radius 3 is 2.62 bits per heavy atom. The summed E-state index contributed by atoms with van der Waals surface area (Å²) in [4.78, 5) is 11.1. The summed E-state index contributed by atoms with van der Waals surface area (Å²) in [6.45, 7) is 4.48. The van der Waals surface area contributed by atoms with Crippen LogP contribution in [0.2, 0.25) is 0 Å². The molecule has 0 heterocycles. The van der Waals surface area contributed by atoms with E-state index in [4.69, 9.17) is 4.74 Å². The molecular formula is C12H16BrNO2. The van der Waals surface area contributed by atoms with Gasteiger partial charge in [0.25, 0.3) is 0 Å². The van der Waals surface area contributed by atoms with E-state index in [0.717, 1.165) is 10.0 Å². The van der Waals surface area contributed by atoms with Gasteiger partial charge in [-0.1, -0.05) is 28.1 Å². The first kappa shape index (κ1) is 13.2. The van der Waals surface area contributed by atoms with Crippen molar-refractivity contribution in [3.63, 3.8) is 0 Å². The molecule has 1 aromatic carbocycles. The van der Waals surface area contributed by atoms with Crippen molar-refractivity contribution in [2.75, 3.05) is 13.2 Å². The Bertz CT molecular complexity index is 337. The third-order valence-electron chi connectivity index (χ3n) is 2.23. The minimum atomic E-state index is -0.216. The monoisotopic (exact) mass is 285 g/mol. The molecule has 1 N–H and O–H groups in total. The van der Waals surface area contributed by atoms with Crippen LogP contribution in [0.15, 0.2) is 28.7 Å². The van der Waals surface area contributed by atoms with E-state index in [-0.39, 0.29) is 18.6 Å². The molecule has 1 aromatic rings. The number of hydrogen-bond acceptors (Lipinski definition) is 3. The minimum Gasteiger partial charge on any atom is -0.465 e. The van der Waals surface area contributed by atoms with Crippen molar-refractivity contribution in [2.24, 2.45) is 0 Å². The van der Waals surface area contributed by atoms with E-state index < -0.39 is 0 Å². The van der Waals surface area contributed by atoms with E-state index in [0.29, 0.717) is 6.61 Å². The molecule has 88 valence electrons. The molecule has 1 atom stereocenters. The average Bonchev–Trinajstić information content (AvgIpc) is 2.27. The maximum absolute atomic E-state index is 11.1. The average molecular weight is 286 g/mol. The summed E-state index contributed by atoms with van der Waals surface area (Å²) in [7, 11) is 0. The van der Waals surface area contributed by atoms with Crippen LogP contribution in [0.1, 0.15) is 25.5 Å². The molecule has 0 saturated carbocycles. The first-order valence-electron chi connectivity index (χ1n) is 5.28. The van der Waals surface area contributed by atoms with Gasteiger partial charge in [-0.25, -0.2) is 0 Å². The fraction of sp³-hybridized carbons (Fsp3) is 0.417. The molecule has 16 heavy (non-hydrogen) atoms. The first-order chi connectivity index (χ1) is 7.63. The van der Waals surface area contributed by atoms with Crippen LogP contribution in [0, 0.1) is 0 Å². The Morgan fingerprint density at radius 2 is 2.06 bits per heavy atom. The summed E-state index contributed by atoms with van der Waals surface area (Å²) in [5, 5.41) is 3.11. The number of hydrogen-bond donors (Lipinski definition) is 1. The lowest BCUT2D eigenvalue weighted by Crippen LogP contribution is -2.27. The van der Waals surface area contributed by atoms with Crippen LogP contribution in [-0.4, -0.2) is 19.1 Å². The largest absolute Gasteiger partial charge is 0.465 e. The van der Waals surface area contributed by atoms with E-state index in [2.05, 4.69) is 21.2 Å². The normalized spacial score (nSPS) is 12.2. The van der Waals surface area contributed by atoms with Crippen molar-refractivity contribution in [3.05, 3.63) is 34.3 Å². The van der Waals surface area contributed by atoms with Gasteiger partial charge in [0.1, 0.15) is 0 Å². The highest BCUT2D eigenvalue weighted by Crippen LogP contribution is 2.16. The van der Waals surface area contributed by atoms with Gasteiger partial charge in [-0.3, -0.25) is 4.79 Å². The lowest BCUT2D eigenvalue weighted by atomic mass is 10.1. The zero-order chi connectivity index (χ0) is 12.0. The molecule has 0 amide bonds. The SMILES string of the molecule is CCOC(=O)CN[C@@H](C)c1ccc(Br)cc1. The Kier molecular flexibility index (Phi) is 5.49. The van der Waals surface area contributed by atoms with Crippen LogP contribution in [0.5, 0.6) is 0 Å². The number of halogens is 1. The lowest BCUT2D eigenvalue weighted by molar-refractivity contribution is -0.142. The number of esters is 1. The molecule has 4 heteroatoms. The molecule has 0 unspecified atom stereocenters. The van der Waals surface area contributed by atoms with Crippen LogP contribution in [0.3, 0.4) is 0 Å². The summed E-state index contributed by atoms with van der Waals surface area (Å²) in [5.74, 6) is -0.216. The topological polar surface area (TPSA) is 38.3 Å². The highest BCUT2D eigenvalue weighted by Gasteiger charge is 2.07. The fourth-order valence-electron chi connectivity index (χ4n) is 1.32. The Labute approximate surface area is 104 Å². The highest BCUT2D eigenvalue weighted by molar-refractivity contribution is 9.10. The van der Waals surface area contributed by atoms with Crippen LogP contribution < -0.4 is 5.32 Å². The molecule has 0 spiro atoms. The third-order valence-corrected chi connectivity index (χ3v) is 2.76. The molecule has 0 saturated heterocycles. The minimum absolute atomic E-state index is 0.137. The zero-order valence-corrected chi connectivity index (χ0v) is 11.1. The molecule has 0 aliphatic carbocycles. The van der Waals surface area contributed by atoms with Crippen molar-refractivity contribution >= 4 is 21.9 Å². The number of carbonyl (C=O) groups is 1. The second-order valence-electron chi connectivity index (χ2n) is 3.46. The molecule has 3 nitrogen and oxygen atoms in total. The molecule has 0 radical (unpaired) electrons. The van der Waals surface area contributed by atoms with Crippen LogP contribution >= 0.6 is 15.9 Å². The summed E-state index contributed by atoms with van der Waals surface area (Å²) >= 11 is 3.38. The first-order valence-corrected chi connectivity index (χ1v) is 6.07. The molecule has 0 aliphatic heterocycles. The van der Waals surface area contributed by atoms with Gasteiger partial charge in [0.05, 0.1) is 13.2 Å². The predicted octanol–water partition coefficient (Wildman–Crippen LogP) is 2.66. The number of ether oxygens (including phenoxy) is 1. The van der Waals surface area contributed by atoms with Gasteiger partial charge in [-0.05, 0) is 31.5 Å². The maximum atomic E-state index is 11.1. The molecule has 1 rings (SSSR count). The summed E-state index contributed by atoms with van der Waals surface area (Å²) in [5.41, 5.74) is 1.15. The van der Waals surface area contributed by atoms with Gasteiger partial charge in [-0.2, -0.15) is 0 Å². The second-order valence-corrected chi connectivity index (χ2v) is 4.37. The van der Waals surface area contributed by atoms with Gasteiger partial charge < -0.3 is 10.1 Å². The van der Waals surface area contributed by atoms with E-state index >= 15 is 0 Å². The number of rotatable bonds is 5. The van der Waals surface area contributed by atoms with E-state index in [1.54, 1.807) is 6.92 Å². The van der Waals surface area contributed by atoms with E-state index in [1.165, 1.54) is 0 Å². The zero-order valence-electron chi connectivity index (χ0n) is 9.50. The summed E-state index contributed by atoms with van der Waals surface area (Å²) in [6, 6.07) is 8.15.